The smallest absolute Gasteiger partial charge is 0.328 e. The molecule has 11 heteroatoms. The number of esters is 1. The minimum absolute atomic E-state index is 0.0231. The molecule has 156 valence electrons. The van der Waals surface area contributed by atoms with Gasteiger partial charge in [0.15, 0.2) is 0 Å². The third-order valence-corrected chi connectivity index (χ3v) is 3.27. The van der Waals surface area contributed by atoms with Crippen LogP contribution in [0.15, 0.2) is 24.3 Å². The van der Waals surface area contributed by atoms with E-state index in [-0.39, 0.29) is 19.3 Å². The maximum atomic E-state index is 11.2. The van der Waals surface area contributed by atoms with Gasteiger partial charge in [0.05, 0.1) is 0 Å². The lowest BCUT2D eigenvalue weighted by atomic mass is 10.1. The molecule has 0 aliphatic rings. The molecular weight excluding hydrogens is 374 g/mol. The second-order valence-electron chi connectivity index (χ2n) is 5.88. The molecule has 0 radical (unpaired) electrons. The van der Waals surface area contributed by atoms with E-state index >= 15 is 0 Å². The summed E-state index contributed by atoms with van der Waals surface area (Å²) in [6, 6.07) is 3.77. The van der Waals surface area contributed by atoms with Gasteiger partial charge >= 0.3 is 23.9 Å². The van der Waals surface area contributed by atoms with Crippen molar-refractivity contribution in [3.05, 3.63) is 29.8 Å². The van der Waals surface area contributed by atoms with Gasteiger partial charge in [0.25, 0.3) is 0 Å². The first-order chi connectivity index (χ1) is 12.9. The number of carbonyl (C=O) groups is 4. The van der Waals surface area contributed by atoms with Crippen molar-refractivity contribution < 1.29 is 39.2 Å². The summed E-state index contributed by atoms with van der Waals surface area (Å²) in [6.45, 7) is 1.53. The van der Waals surface area contributed by atoms with Gasteiger partial charge in [-0.3, -0.25) is 14.4 Å². The zero-order valence-corrected chi connectivity index (χ0v) is 15.3. The summed E-state index contributed by atoms with van der Waals surface area (Å²) < 4.78 is 4.97. The molecule has 1 aromatic rings. The summed E-state index contributed by atoms with van der Waals surface area (Å²) in [6.07, 6.45) is -0.00498. The summed E-state index contributed by atoms with van der Waals surface area (Å²) in [4.78, 5) is 41.7. The highest BCUT2D eigenvalue weighted by Crippen LogP contribution is 2.13. The van der Waals surface area contributed by atoms with Gasteiger partial charge in [-0.2, -0.15) is 0 Å². The lowest BCUT2D eigenvalue weighted by Gasteiger charge is -2.09. The molecule has 0 fully saturated rings. The molecule has 0 aliphatic carbocycles. The van der Waals surface area contributed by atoms with Crippen LogP contribution in [0, 0.1) is 0 Å². The Morgan fingerprint density at radius 3 is 1.82 bits per heavy atom. The van der Waals surface area contributed by atoms with Crippen molar-refractivity contribution in [2.45, 2.75) is 44.3 Å². The largest absolute Gasteiger partial charge is 0.481 e. The first kappa shape index (κ1) is 25.0. The molecule has 0 unspecified atom stereocenters. The molecule has 0 bridgehead atoms. The molecule has 0 saturated heterocycles. The summed E-state index contributed by atoms with van der Waals surface area (Å²) in [5, 5.41) is 24.9. The number of carboxylic acids is 3. The Labute approximate surface area is 161 Å². The summed E-state index contributed by atoms with van der Waals surface area (Å²) in [5.74, 6) is -3.41. The predicted octanol–water partition coefficient (Wildman–Crippen LogP) is -0.843. The Balaban J connectivity index is 0.000000621. The van der Waals surface area contributed by atoms with Crippen LogP contribution >= 0.6 is 0 Å². The first-order valence-corrected chi connectivity index (χ1v) is 8.18. The lowest BCUT2D eigenvalue weighted by molar-refractivity contribution is -0.140. The van der Waals surface area contributed by atoms with Crippen molar-refractivity contribution in [1.29, 1.82) is 0 Å². The lowest BCUT2D eigenvalue weighted by Crippen LogP contribution is -2.32. The van der Waals surface area contributed by atoms with Crippen molar-refractivity contribution in [3.63, 3.8) is 0 Å². The third-order valence-electron chi connectivity index (χ3n) is 3.27. The molecular formula is C17H25N3O8. The number of aliphatic carboxylic acids is 3. The molecule has 0 saturated carbocycles. The number of rotatable bonds is 9. The molecule has 28 heavy (non-hydrogen) atoms. The van der Waals surface area contributed by atoms with Crippen LogP contribution in [0.25, 0.3) is 0 Å². The van der Waals surface area contributed by atoms with E-state index in [0.717, 1.165) is 5.56 Å². The van der Waals surface area contributed by atoms with Gasteiger partial charge in [-0.05, 0) is 37.5 Å². The summed E-state index contributed by atoms with van der Waals surface area (Å²) in [7, 11) is 0. The predicted molar refractivity (Wildman–Crippen MR) is 97.5 cm³/mol. The Bertz CT molecular complexity index is 675. The molecule has 3 atom stereocenters. The van der Waals surface area contributed by atoms with Crippen LogP contribution in [0.5, 0.6) is 5.75 Å². The fraction of sp³-hybridized carbons (Fsp3) is 0.412. The molecule has 0 aliphatic heterocycles. The fourth-order valence-electron chi connectivity index (χ4n) is 1.65. The minimum atomic E-state index is -1.17. The maximum absolute atomic E-state index is 11.2. The Hall–Kier alpha value is -3.02. The van der Waals surface area contributed by atoms with E-state index in [1.54, 1.807) is 24.3 Å². The number of carboxylic acid groups (broad SMARTS) is 3. The number of benzene rings is 1. The van der Waals surface area contributed by atoms with Gasteiger partial charge in [0.1, 0.15) is 23.9 Å². The molecule has 0 heterocycles. The second kappa shape index (κ2) is 12.4. The average Bonchev–Trinajstić information content (AvgIpc) is 2.61. The van der Waals surface area contributed by atoms with Crippen LogP contribution in [0.4, 0.5) is 0 Å². The molecule has 1 rings (SSSR count). The highest BCUT2D eigenvalue weighted by molar-refractivity contribution is 5.77. The fourth-order valence-corrected chi connectivity index (χ4v) is 1.65. The number of nitrogens with two attached hydrogens (primary N) is 3. The van der Waals surface area contributed by atoms with E-state index in [1.807, 2.05) is 0 Å². The van der Waals surface area contributed by atoms with Crippen LogP contribution in [0.1, 0.15) is 25.3 Å². The van der Waals surface area contributed by atoms with E-state index in [2.05, 4.69) is 0 Å². The van der Waals surface area contributed by atoms with Gasteiger partial charge in [0.2, 0.25) is 0 Å². The van der Waals surface area contributed by atoms with Crippen molar-refractivity contribution >= 4 is 23.9 Å². The molecule has 11 nitrogen and oxygen atoms in total. The normalized spacial score (nSPS) is 13.3. The second-order valence-corrected chi connectivity index (χ2v) is 5.88. The zero-order valence-electron chi connectivity index (χ0n) is 15.3. The molecule has 9 N–H and O–H groups in total. The highest BCUT2D eigenvalue weighted by Gasteiger charge is 2.13. The van der Waals surface area contributed by atoms with Gasteiger partial charge in [0, 0.05) is 6.42 Å². The highest BCUT2D eigenvalue weighted by atomic mass is 16.5. The van der Waals surface area contributed by atoms with Crippen LogP contribution in [-0.4, -0.2) is 57.3 Å². The zero-order chi connectivity index (χ0) is 21.9. The molecule has 0 aromatic heterocycles. The molecule has 0 spiro atoms. The van der Waals surface area contributed by atoms with Gasteiger partial charge < -0.3 is 37.3 Å². The molecule has 0 amide bonds. The SMILES string of the molecule is C[C@H](N)C(=O)Oc1ccc(C[C@H](N)C(=O)O)cc1.N[C@@H](CCC(=O)O)C(=O)O. The van der Waals surface area contributed by atoms with Crippen LogP contribution in [0.3, 0.4) is 0 Å². The van der Waals surface area contributed by atoms with E-state index in [4.69, 9.17) is 37.3 Å². The maximum Gasteiger partial charge on any atom is 0.328 e. The van der Waals surface area contributed by atoms with Crippen molar-refractivity contribution in [3.8, 4) is 5.75 Å². The third kappa shape index (κ3) is 10.9. The van der Waals surface area contributed by atoms with Gasteiger partial charge in [-0.15, -0.1) is 0 Å². The quantitative estimate of drug-likeness (QED) is 0.222. The van der Waals surface area contributed by atoms with E-state index < -0.39 is 42.0 Å². The van der Waals surface area contributed by atoms with E-state index in [1.165, 1.54) is 6.92 Å². The number of hydrogen-bond acceptors (Lipinski definition) is 8. The van der Waals surface area contributed by atoms with Crippen molar-refractivity contribution in [2.24, 2.45) is 17.2 Å². The Morgan fingerprint density at radius 1 is 0.929 bits per heavy atom. The van der Waals surface area contributed by atoms with Crippen molar-refractivity contribution in [1.82, 2.24) is 0 Å². The van der Waals surface area contributed by atoms with Crippen LogP contribution in [-0.2, 0) is 25.6 Å². The van der Waals surface area contributed by atoms with Crippen LogP contribution < -0.4 is 21.9 Å². The average molecular weight is 399 g/mol. The summed E-state index contributed by atoms with van der Waals surface area (Å²) >= 11 is 0. The monoisotopic (exact) mass is 399 g/mol. The Kier molecular flexibility index (Phi) is 11.0. The Morgan fingerprint density at radius 2 is 1.43 bits per heavy atom. The minimum Gasteiger partial charge on any atom is -0.481 e. The summed E-state index contributed by atoms with van der Waals surface area (Å²) in [5.41, 5.74) is 16.5. The first-order valence-electron chi connectivity index (χ1n) is 8.18. The van der Waals surface area contributed by atoms with Gasteiger partial charge in [-0.1, -0.05) is 12.1 Å². The molecule has 1 aromatic carbocycles. The van der Waals surface area contributed by atoms with E-state index in [9.17, 15) is 19.2 Å². The number of carbonyl (C=O) groups excluding carboxylic acids is 1. The van der Waals surface area contributed by atoms with Crippen molar-refractivity contribution in [2.75, 3.05) is 0 Å². The van der Waals surface area contributed by atoms with Crippen LogP contribution in [0.2, 0.25) is 0 Å². The van der Waals surface area contributed by atoms with Gasteiger partial charge in [-0.25, -0.2) is 4.79 Å². The van der Waals surface area contributed by atoms with E-state index in [0.29, 0.717) is 5.75 Å². The topological polar surface area (TPSA) is 216 Å². The standard InChI is InChI=1S/C12H16N2O4.C5H9NO4/c1-7(13)12(17)18-9-4-2-8(3-5-9)6-10(14)11(15)16;6-3(5(9)10)1-2-4(7)8/h2-5,7,10H,6,13-14H2,1H3,(H,15,16);3H,1-2,6H2,(H,7,8)(H,9,10)/t7-,10-;3-/m00/s1. The number of ether oxygens (including phenoxy) is 1. The number of hydrogen-bond donors (Lipinski definition) is 6.